The van der Waals surface area contributed by atoms with E-state index in [1.807, 2.05) is 53.2 Å². The molecule has 0 saturated carbocycles. The number of aliphatic carboxylic acids is 1. The number of rotatable bonds is 30. The summed E-state index contributed by atoms with van der Waals surface area (Å²) < 4.78 is 45.1. The molecule has 1 aliphatic heterocycles. The lowest BCUT2D eigenvalue weighted by Crippen LogP contribution is -2.34. The summed E-state index contributed by atoms with van der Waals surface area (Å²) in [5.74, 6) is -1.32. The average Bonchev–Trinajstić information content (AvgIpc) is 3.61. The fourth-order valence-electron chi connectivity index (χ4n) is 5.66. The van der Waals surface area contributed by atoms with Gasteiger partial charge in [-0.1, -0.05) is 47.7 Å². The number of para-hydroxylation sites is 1. The van der Waals surface area contributed by atoms with Crippen LogP contribution in [0.3, 0.4) is 0 Å². The Balaban J connectivity index is 1.20. The maximum Gasteiger partial charge on any atom is 0.305 e. The van der Waals surface area contributed by atoms with Crippen LogP contribution in [0.25, 0.3) is 22.5 Å². The van der Waals surface area contributed by atoms with E-state index in [0.29, 0.717) is 118 Å². The Morgan fingerprint density at radius 1 is 0.661 bits per heavy atom. The Labute approximate surface area is 327 Å². The van der Waals surface area contributed by atoms with Crippen molar-refractivity contribution in [1.82, 2.24) is 20.3 Å². The molecule has 17 nitrogen and oxygen atoms in total. The zero-order chi connectivity index (χ0) is 39.6. The molecule has 0 spiro atoms. The van der Waals surface area contributed by atoms with Crippen molar-refractivity contribution in [3.63, 3.8) is 0 Å². The second-order valence-corrected chi connectivity index (χ2v) is 12.4. The van der Waals surface area contributed by atoms with Crippen LogP contribution in [0.1, 0.15) is 24.8 Å². The van der Waals surface area contributed by atoms with Crippen LogP contribution in [-0.2, 0) is 65.4 Å². The normalized spacial score (nSPS) is 12.1. The Bertz CT molecular complexity index is 1610. The molecule has 0 aliphatic carbocycles. The molecule has 0 fully saturated rings. The van der Waals surface area contributed by atoms with Crippen molar-refractivity contribution in [2.75, 3.05) is 118 Å². The van der Waals surface area contributed by atoms with Crippen molar-refractivity contribution < 1.29 is 57.4 Å². The van der Waals surface area contributed by atoms with Gasteiger partial charge in [0.05, 0.1) is 130 Å². The monoisotopic (exact) mass is 785 g/mol. The van der Waals surface area contributed by atoms with E-state index in [-0.39, 0.29) is 37.7 Å². The number of carboxylic acid groups (broad SMARTS) is 1. The van der Waals surface area contributed by atoms with Crippen molar-refractivity contribution >= 4 is 23.5 Å². The van der Waals surface area contributed by atoms with Gasteiger partial charge in [0.25, 0.3) is 0 Å². The molecule has 56 heavy (non-hydrogen) atoms. The molecule has 0 saturated heterocycles. The van der Waals surface area contributed by atoms with Crippen LogP contribution in [0.2, 0.25) is 0 Å². The summed E-state index contributed by atoms with van der Waals surface area (Å²) in [7, 11) is 1.63. The number of benzene rings is 2. The summed E-state index contributed by atoms with van der Waals surface area (Å²) in [6.45, 7) is 6.99. The summed E-state index contributed by atoms with van der Waals surface area (Å²) in [6.07, 6.45) is 0.0159. The Hall–Kier alpha value is -4.33. The van der Waals surface area contributed by atoms with Gasteiger partial charge in [0.1, 0.15) is 5.69 Å². The number of methoxy groups -OCH3 is 1. The second-order valence-electron chi connectivity index (χ2n) is 12.4. The first kappa shape index (κ1) is 44.4. The number of anilines is 1. The van der Waals surface area contributed by atoms with Gasteiger partial charge in [0.15, 0.2) is 0 Å². The topological polar surface area (TPSA) is 191 Å². The zero-order valence-electron chi connectivity index (χ0n) is 32.2. The van der Waals surface area contributed by atoms with E-state index in [2.05, 4.69) is 15.6 Å². The van der Waals surface area contributed by atoms with Crippen LogP contribution in [0.5, 0.6) is 0 Å². The van der Waals surface area contributed by atoms with Gasteiger partial charge in [-0.15, -0.1) is 5.10 Å². The van der Waals surface area contributed by atoms with E-state index in [9.17, 15) is 14.4 Å². The highest BCUT2D eigenvalue weighted by molar-refractivity contribution is 6.01. The van der Waals surface area contributed by atoms with Gasteiger partial charge in [0.2, 0.25) is 11.8 Å². The number of amides is 2. The van der Waals surface area contributed by atoms with Crippen LogP contribution in [0, 0.1) is 0 Å². The molecular weight excluding hydrogens is 730 g/mol. The van der Waals surface area contributed by atoms with E-state index in [4.69, 9.17) is 43.0 Å². The summed E-state index contributed by atoms with van der Waals surface area (Å²) >= 11 is 0. The number of hydrogen-bond donors (Lipinski definition) is 2. The average molecular weight is 786 g/mol. The third-order valence-corrected chi connectivity index (χ3v) is 8.42. The fraction of sp³-hybridized carbons (Fsp3) is 0.564. The van der Waals surface area contributed by atoms with Crippen molar-refractivity contribution in [2.24, 2.45) is 0 Å². The van der Waals surface area contributed by atoms with Gasteiger partial charge in [-0.2, -0.15) is 0 Å². The highest BCUT2D eigenvalue weighted by atomic mass is 16.6. The van der Waals surface area contributed by atoms with Crippen LogP contribution >= 0.6 is 0 Å². The predicted molar refractivity (Wildman–Crippen MR) is 204 cm³/mol. The molecule has 2 aromatic carbocycles. The highest BCUT2D eigenvalue weighted by Crippen LogP contribution is 2.41. The van der Waals surface area contributed by atoms with Crippen LogP contribution in [0.15, 0.2) is 48.5 Å². The molecule has 1 aromatic heterocycles. The van der Waals surface area contributed by atoms with E-state index < -0.39 is 5.97 Å². The lowest BCUT2D eigenvalue weighted by atomic mass is 9.95. The molecule has 2 amide bonds. The second kappa shape index (κ2) is 26.5. The number of nitrogens with zero attached hydrogens (tertiary/aromatic N) is 4. The molecule has 4 rings (SSSR count). The summed E-state index contributed by atoms with van der Waals surface area (Å²) in [5.41, 5.74) is 4.84. The number of hydrogen-bond acceptors (Lipinski definition) is 13. The molecule has 0 unspecified atom stereocenters. The standard InChI is InChI=1S/C39H55N5O12/c1-49-18-19-53-26-27-56-25-22-52-17-14-44-39-33-8-4-5-9-34(33)43(30-31-6-2-3-7-32(31)38(39)41-42-44)36(46)11-10-35(45)40-13-16-51-21-24-55-29-28-54-23-20-50-15-12-37(47)48/h2-9H,10-30H2,1H3,(H,40,45)(H,47,48). The highest BCUT2D eigenvalue weighted by Gasteiger charge is 2.29. The van der Waals surface area contributed by atoms with Gasteiger partial charge in [-0.05, 0) is 11.6 Å². The van der Waals surface area contributed by atoms with E-state index in [1.54, 1.807) is 12.0 Å². The van der Waals surface area contributed by atoms with Crippen molar-refractivity contribution in [1.29, 1.82) is 0 Å². The number of aromatic nitrogens is 3. The minimum Gasteiger partial charge on any atom is -0.481 e. The van der Waals surface area contributed by atoms with E-state index in [0.717, 1.165) is 28.1 Å². The molecule has 0 atom stereocenters. The van der Waals surface area contributed by atoms with Crippen LogP contribution in [0.4, 0.5) is 5.69 Å². The number of carbonyl (C=O) groups is 3. The molecule has 17 heteroatoms. The first-order valence-electron chi connectivity index (χ1n) is 18.9. The molecule has 308 valence electrons. The van der Waals surface area contributed by atoms with Gasteiger partial charge in [-0.3, -0.25) is 14.4 Å². The summed E-state index contributed by atoms with van der Waals surface area (Å²) in [5, 5.41) is 20.5. The summed E-state index contributed by atoms with van der Waals surface area (Å²) in [4.78, 5) is 38.7. The van der Waals surface area contributed by atoms with Gasteiger partial charge >= 0.3 is 5.97 Å². The van der Waals surface area contributed by atoms with Crippen LogP contribution < -0.4 is 10.2 Å². The van der Waals surface area contributed by atoms with Gasteiger partial charge < -0.3 is 53.2 Å². The SMILES string of the molecule is COCCOCCOCCOCCn1nnc2c1-c1ccccc1N(C(=O)CCC(=O)NCCOCCOCCOCCOCCC(=O)O)Cc1ccccc1-2. The number of carbonyl (C=O) groups excluding carboxylic acids is 2. The minimum absolute atomic E-state index is 0.0210. The smallest absolute Gasteiger partial charge is 0.305 e. The molecule has 0 bridgehead atoms. The molecule has 0 radical (unpaired) electrons. The van der Waals surface area contributed by atoms with Crippen LogP contribution in [-0.4, -0.2) is 151 Å². The van der Waals surface area contributed by atoms with E-state index >= 15 is 0 Å². The molecule has 3 aromatic rings. The Kier molecular flexibility index (Phi) is 21.0. The third kappa shape index (κ3) is 15.7. The Morgan fingerprint density at radius 2 is 1.21 bits per heavy atom. The first-order valence-corrected chi connectivity index (χ1v) is 18.9. The van der Waals surface area contributed by atoms with Crippen molar-refractivity contribution in [2.45, 2.75) is 32.4 Å². The molecule has 1 aliphatic rings. The first-order chi connectivity index (χ1) is 27.5. The predicted octanol–water partition coefficient (Wildman–Crippen LogP) is 2.59. The molecular formula is C39H55N5O12. The number of ether oxygens (including phenoxy) is 8. The van der Waals surface area contributed by atoms with Gasteiger partial charge in [0, 0.05) is 37.6 Å². The fourth-order valence-corrected chi connectivity index (χ4v) is 5.66. The molecule has 2 N–H and O–H groups in total. The maximum absolute atomic E-state index is 13.9. The number of fused-ring (bicyclic) bond motifs is 5. The van der Waals surface area contributed by atoms with Crippen molar-refractivity contribution in [3.8, 4) is 22.5 Å². The van der Waals surface area contributed by atoms with Crippen molar-refractivity contribution in [3.05, 3.63) is 54.1 Å². The Morgan fingerprint density at radius 3 is 1.86 bits per heavy atom. The van der Waals surface area contributed by atoms with E-state index in [1.165, 1.54) is 0 Å². The summed E-state index contributed by atoms with van der Waals surface area (Å²) in [6, 6.07) is 15.5. The lowest BCUT2D eigenvalue weighted by Gasteiger charge is -2.28. The molecule has 2 heterocycles. The quantitative estimate of drug-likeness (QED) is 0.0938. The largest absolute Gasteiger partial charge is 0.481 e. The third-order valence-electron chi connectivity index (χ3n) is 8.42. The number of nitrogens with one attached hydrogen (secondary N) is 1. The number of carboxylic acids is 1. The lowest BCUT2D eigenvalue weighted by molar-refractivity contribution is -0.138. The van der Waals surface area contributed by atoms with Gasteiger partial charge in [-0.25, -0.2) is 4.68 Å². The zero-order valence-corrected chi connectivity index (χ0v) is 32.2. The maximum atomic E-state index is 13.9. The minimum atomic E-state index is -0.897.